The number of esters is 1. The Morgan fingerprint density at radius 2 is 1.88 bits per heavy atom. The van der Waals surface area contributed by atoms with Crippen molar-refractivity contribution >= 4 is 23.4 Å². The lowest BCUT2D eigenvalue weighted by atomic mass is 9.80. The van der Waals surface area contributed by atoms with Crippen molar-refractivity contribution in [2.24, 2.45) is 5.92 Å². The standard InChI is InChI=1S/C26H35NO5S/c1-15(2)26(8-7-17-13-31-14-18(17)12-28)11-21(29)23(24(30)32-26)33-22-9-16(3)20(27)10-19(22)25(4,5)6/h9-10,13-15,28-29H,7-8,11-12,27H2,1-6H3. The van der Waals surface area contributed by atoms with Crippen molar-refractivity contribution in [2.45, 2.75) is 83.3 Å². The SMILES string of the molecule is Cc1cc(SC2=C(O)CC(CCc3cocc3CO)(C(C)C)OC2=O)c(C(C)(C)C)cc1N. The van der Waals surface area contributed by atoms with Crippen molar-refractivity contribution in [3.8, 4) is 0 Å². The van der Waals surface area contributed by atoms with Gasteiger partial charge in [0.25, 0.3) is 0 Å². The molecule has 2 aromatic rings. The van der Waals surface area contributed by atoms with E-state index in [1.807, 2.05) is 32.9 Å². The summed E-state index contributed by atoms with van der Waals surface area (Å²) in [6.07, 6.45) is 4.46. The van der Waals surface area contributed by atoms with Crippen LogP contribution in [0.2, 0.25) is 0 Å². The quantitative estimate of drug-likeness (QED) is 0.345. The first-order chi connectivity index (χ1) is 15.4. The second kappa shape index (κ2) is 9.47. The lowest BCUT2D eigenvalue weighted by Crippen LogP contribution is -2.44. The van der Waals surface area contributed by atoms with Crippen molar-refractivity contribution in [3.63, 3.8) is 0 Å². The normalized spacial score (nSPS) is 19.3. The first-order valence-electron chi connectivity index (χ1n) is 11.3. The number of rotatable bonds is 7. The minimum Gasteiger partial charge on any atom is -0.511 e. The van der Waals surface area contributed by atoms with Gasteiger partial charge in [0, 0.05) is 22.6 Å². The van der Waals surface area contributed by atoms with Gasteiger partial charge in [-0.15, -0.1) is 0 Å². The van der Waals surface area contributed by atoms with Crippen LogP contribution in [-0.2, 0) is 28.0 Å². The number of carbonyl (C=O) groups is 1. The molecule has 0 amide bonds. The average molecular weight is 474 g/mol. The monoisotopic (exact) mass is 473 g/mol. The van der Waals surface area contributed by atoms with E-state index in [-0.39, 0.29) is 35.0 Å². The van der Waals surface area contributed by atoms with Crippen LogP contribution in [-0.4, -0.2) is 21.8 Å². The van der Waals surface area contributed by atoms with Crippen LogP contribution in [0.4, 0.5) is 5.69 Å². The maximum Gasteiger partial charge on any atom is 0.349 e. The molecule has 3 rings (SSSR count). The van der Waals surface area contributed by atoms with Crippen LogP contribution in [0, 0.1) is 12.8 Å². The smallest absolute Gasteiger partial charge is 0.349 e. The molecule has 1 aromatic carbocycles. The summed E-state index contributed by atoms with van der Waals surface area (Å²) >= 11 is 1.24. The summed E-state index contributed by atoms with van der Waals surface area (Å²) in [5.74, 6) is -0.473. The van der Waals surface area contributed by atoms with Gasteiger partial charge in [-0.25, -0.2) is 4.79 Å². The predicted octanol–water partition coefficient (Wildman–Crippen LogP) is 5.80. The Bertz CT molecular complexity index is 1060. The lowest BCUT2D eigenvalue weighted by Gasteiger charge is -2.40. The molecule has 0 bridgehead atoms. The molecule has 6 nitrogen and oxygen atoms in total. The number of anilines is 1. The molecule has 1 atom stereocenters. The van der Waals surface area contributed by atoms with Gasteiger partial charge in [-0.2, -0.15) is 0 Å². The molecule has 0 spiro atoms. The van der Waals surface area contributed by atoms with Gasteiger partial charge in [0.1, 0.15) is 16.3 Å². The molecular weight excluding hydrogens is 438 g/mol. The number of hydrogen-bond acceptors (Lipinski definition) is 7. The first-order valence-corrected chi connectivity index (χ1v) is 12.1. The summed E-state index contributed by atoms with van der Waals surface area (Å²) in [4.78, 5) is 14.3. The summed E-state index contributed by atoms with van der Waals surface area (Å²) in [6, 6.07) is 3.92. The number of nitrogen functional groups attached to an aromatic ring is 1. The van der Waals surface area contributed by atoms with Gasteiger partial charge in [-0.3, -0.25) is 0 Å². The van der Waals surface area contributed by atoms with Crippen LogP contribution in [0.15, 0.2) is 44.6 Å². The minimum absolute atomic E-state index is 0.0106. The van der Waals surface area contributed by atoms with Gasteiger partial charge >= 0.3 is 5.97 Å². The Morgan fingerprint density at radius 3 is 2.45 bits per heavy atom. The van der Waals surface area contributed by atoms with E-state index in [1.165, 1.54) is 18.0 Å². The molecule has 180 valence electrons. The maximum atomic E-state index is 13.2. The average Bonchev–Trinajstić information content (AvgIpc) is 3.18. The van der Waals surface area contributed by atoms with Crippen LogP contribution in [0.3, 0.4) is 0 Å². The number of carbonyl (C=O) groups excluding carboxylic acids is 1. The van der Waals surface area contributed by atoms with Crippen molar-refractivity contribution < 1.29 is 24.2 Å². The number of nitrogens with two attached hydrogens (primary N) is 1. The van der Waals surface area contributed by atoms with Gasteiger partial charge in [-0.1, -0.05) is 46.4 Å². The van der Waals surface area contributed by atoms with E-state index in [1.54, 1.807) is 6.26 Å². The number of thioether (sulfide) groups is 1. The Balaban J connectivity index is 1.91. The molecule has 1 aromatic heterocycles. The highest BCUT2D eigenvalue weighted by Gasteiger charge is 2.44. The number of aliphatic hydroxyl groups is 2. The van der Waals surface area contributed by atoms with E-state index in [2.05, 4.69) is 20.8 Å². The topological polar surface area (TPSA) is 106 Å². The zero-order valence-electron chi connectivity index (χ0n) is 20.3. The van der Waals surface area contributed by atoms with Crippen LogP contribution >= 0.6 is 11.8 Å². The fraction of sp³-hybridized carbons (Fsp3) is 0.500. The molecule has 2 heterocycles. The molecule has 0 aliphatic carbocycles. The zero-order valence-corrected chi connectivity index (χ0v) is 21.1. The van der Waals surface area contributed by atoms with E-state index in [4.69, 9.17) is 14.9 Å². The maximum absolute atomic E-state index is 13.2. The summed E-state index contributed by atoms with van der Waals surface area (Å²) in [5.41, 5.74) is 9.37. The Labute approximate surface area is 200 Å². The molecule has 7 heteroatoms. The van der Waals surface area contributed by atoms with E-state index in [0.717, 1.165) is 27.1 Å². The number of cyclic esters (lactones) is 1. The molecule has 1 aliphatic rings. The summed E-state index contributed by atoms with van der Waals surface area (Å²) in [7, 11) is 0. The van der Waals surface area contributed by atoms with Crippen molar-refractivity contribution in [3.05, 3.63) is 57.6 Å². The Hall–Kier alpha value is -2.38. The van der Waals surface area contributed by atoms with Gasteiger partial charge in [0.15, 0.2) is 0 Å². The van der Waals surface area contributed by atoms with Crippen molar-refractivity contribution in [2.75, 3.05) is 5.73 Å². The zero-order chi connectivity index (χ0) is 24.6. The van der Waals surface area contributed by atoms with Crippen LogP contribution < -0.4 is 5.73 Å². The lowest BCUT2D eigenvalue weighted by molar-refractivity contribution is -0.164. The van der Waals surface area contributed by atoms with Gasteiger partial charge in [0.2, 0.25) is 0 Å². The summed E-state index contributed by atoms with van der Waals surface area (Å²) in [6.45, 7) is 12.1. The fourth-order valence-electron chi connectivity index (χ4n) is 4.13. The molecular formula is C26H35NO5S. The fourth-order valence-corrected chi connectivity index (χ4v) is 5.38. The third kappa shape index (κ3) is 5.25. The van der Waals surface area contributed by atoms with Crippen LogP contribution in [0.1, 0.15) is 69.7 Å². The minimum atomic E-state index is -0.834. The van der Waals surface area contributed by atoms with E-state index < -0.39 is 11.6 Å². The Morgan fingerprint density at radius 1 is 1.21 bits per heavy atom. The summed E-state index contributed by atoms with van der Waals surface area (Å²) in [5, 5.41) is 20.5. The highest BCUT2D eigenvalue weighted by atomic mass is 32.2. The first kappa shape index (κ1) is 25.2. The molecule has 0 saturated heterocycles. The van der Waals surface area contributed by atoms with Crippen LogP contribution in [0.25, 0.3) is 0 Å². The number of furan rings is 1. The third-order valence-electron chi connectivity index (χ3n) is 6.47. The van der Waals surface area contributed by atoms with Crippen LogP contribution in [0.5, 0.6) is 0 Å². The number of hydrogen-bond donors (Lipinski definition) is 3. The highest BCUT2D eigenvalue weighted by Crippen LogP contribution is 2.45. The van der Waals surface area contributed by atoms with Gasteiger partial charge in [0.05, 0.1) is 19.1 Å². The van der Waals surface area contributed by atoms with Crippen molar-refractivity contribution in [1.29, 1.82) is 0 Å². The predicted molar refractivity (Wildman–Crippen MR) is 131 cm³/mol. The van der Waals surface area contributed by atoms with Gasteiger partial charge in [-0.05, 0) is 59.9 Å². The molecule has 0 fully saturated rings. The van der Waals surface area contributed by atoms with E-state index in [0.29, 0.717) is 18.5 Å². The molecule has 1 aliphatic heterocycles. The number of aryl methyl sites for hydroxylation is 2. The molecule has 4 N–H and O–H groups in total. The number of aliphatic hydroxyl groups excluding tert-OH is 2. The Kier molecular flexibility index (Phi) is 7.24. The van der Waals surface area contributed by atoms with Crippen molar-refractivity contribution in [1.82, 2.24) is 0 Å². The second-order valence-corrected chi connectivity index (χ2v) is 11.3. The number of ether oxygens (including phenoxy) is 1. The van der Waals surface area contributed by atoms with Gasteiger partial charge < -0.3 is 25.1 Å². The summed E-state index contributed by atoms with van der Waals surface area (Å²) < 4.78 is 11.3. The largest absolute Gasteiger partial charge is 0.511 e. The second-order valence-electron chi connectivity index (χ2n) is 10.2. The molecule has 1 unspecified atom stereocenters. The highest BCUT2D eigenvalue weighted by molar-refractivity contribution is 8.04. The van der Waals surface area contributed by atoms with E-state index in [9.17, 15) is 15.0 Å². The molecule has 0 saturated carbocycles. The number of benzene rings is 1. The third-order valence-corrected chi connectivity index (χ3v) is 7.64. The van der Waals surface area contributed by atoms with E-state index >= 15 is 0 Å². The molecule has 0 radical (unpaired) electrons. The molecule has 33 heavy (non-hydrogen) atoms.